The minimum atomic E-state index is -0.396. The van der Waals surface area contributed by atoms with Crippen LogP contribution in [0.5, 0.6) is 0 Å². The normalized spacial score (nSPS) is 15.1. The van der Waals surface area contributed by atoms with Gasteiger partial charge in [0.25, 0.3) is 5.91 Å². The monoisotopic (exact) mass is 409 g/mol. The van der Waals surface area contributed by atoms with Crippen LogP contribution in [0.25, 0.3) is 0 Å². The number of carbonyl (C=O) groups excluding carboxylic acids is 2. The first-order valence-electron chi connectivity index (χ1n) is 9.35. The topological polar surface area (TPSA) is 71.1 Å². The van der Waals surface area contributed by atoms with Gasteiger partial charge >= 0.3 is 0 Å². The number of nitrogens with one attached hydrogen (secondary N) is 2. The standard InChI is InChI=1S/C22H20FN3O2S/c1-12-3-8-16(11-13(12)2)24-21(28)17-9-10-18-19(17)25-22(29-18)26-20(27)14-4-6-15(23)7-5-14/h3-8,11,17H,9-10H2,1-2H3,(H,24,28)(H,25,26,27). The number of aromatic nitrogens is 1. The van der Waals surface area contributed by atoms with Crippen molar-refractivity contribution < 1.29 is 14.0 Å². The molecule has 1 unspecified atom stereocenters. The second-order valence-corrected chi connectivity index (χ2v) is 8.25. The zero-order valence-corrected chi connectivity index (χ0v) is 16.9. The Morgan fingerprint density at radius 2 is 1.83 bits per heavy atom. The van der Waals surface area contributed by atoms with E-state index in [4.69, 9.17) is 0 Å². The number of rotatable bonds is 4. The lowest BCUT2D eigenvalue weighted by Crippen LogP contribution is -2.20. The van der Waals surface area contributed by atoms with E-state index in [1.807, 2.05) is 32.0 Å². The van der Waals surface area contributed by atoms with Crippen LogP contribution in [0.1, 0.15) is 44.4 Å². The summed E-state index contributed by atoms with van der Waals surface area (Å²) in [4.78, 5) is 30.6. The van der Waals surface area contributed by atoms with Gasteiger partial charge in [0, 0.05) is 16.1 Å². The minimum absolute atomic E-state index is 0.0892. The molecule has 0 saturated carbocycles. The average Bonchev–Trinajstić information content (AvgIpc) is 3.25. The predicted octanol–water partition coefficient (Wildman–Crippen LogP) is 4.82. The zero-order valence-electron chi connectivity index (χ0n) is 16.1. The third kappa shape index (κ3) is 4.05. The highest BCUT2D eigenvalue weighted by Crippen LogP contribution is 2.39. The van der Waals surface area contributed by atoms with E-state index in [1.54, 1.807) is 0 Å². The van der Waals surface area contributed by atoms with Crippen molar-refractivity contribution in [3.63, 3.8) is 0 Å². The third-order valence-electron chi connectivity index (χ3n) is 5.14. The van der Waals surface area contributed by atoms with Crippen molar-refractivity contribution in [2.24, 2.45) is 0 Å². The summed E-state index contributed by atoms with van der Waals surface area (Å²) in [6.07, 6.45) is 1.46. The summed E-state index contributed by atoms with van der Waals surface area (Å²) in [5, 5.41) is 6.17. The van der Waals surface area contributed by atoms with E-state index in [9.17, 15) is 14.0 Å². The van der Waals surface area contributed by atoms with Gasteiger partial charge in [-0.2, -0.15) is 0 Å². The molecule has 1 aliphatic carbocycles. The molecule has 2 amide bonds. The quantitative estimate of drug-likeness (QED) is 0.649. The van der Waals surface area contributed by atoms with Gasteiger partial charge in [-0.1, -0.05) is 6.07 Å². The fourth-order valence-electron chi connectivity index (χ4n) is 3.35. The number of hydrogen-bond acceptors (Lipinski definition) is 4. The maximum absolute atomic E-state index is 13.0. The number of nitrogens with zero attached hydrogens (tertiary/aromatic N) is 1. The number of thiazole rings is 1. The number of fused-ring (bicyclic) bond motifs is 1. The number of aryl methyl sites for hydroxylation is 3. The van der Waals surface area contributed by atoms with Gasteiger partial charge in [-0.25, -0.2) is 9.37 Å². The molecule has 0 radical (unpaired) electrons. The number of anilines is 2. The highest BCUT2D eigenvalue weighted by molar-refractivity contribution is 7.16. The Kier molecular flexibility index (Phi) is 5.15. The van der Waals surface area contributed by atoms with Gasteiger partial charge in [-0.3, -0.25) is 14.9 Å². The van der Waals surface area contributed by atoms with Crippen LogP contribution in [0.4, 0.5) is 15.2 Å². The second-order valence-electron chi connectivity index (χ2n) is 7.17. The summed E-state index contributed by atoms with van der Waals surface area (Å²) in [5.41, 5.74) is 4.14. The summed E-state index contributed by atoms with van der Waals surface area (Å²) >= 11 is 1.38. The van der Waals surface area contributed by atoms with Crippen molar-refractivity contribution in [2.45, 2.75) is 32.6 Å². The molecule has 2 N–H and O–H groups in total. The van der Waals surface area contributed by atoms with E-state index in [0.29, 0.717) is 17.1 Å². The van der Waals surface area contributed by atoms with Gasteiger partial charge < -0.3 is 5.32 Å². The molecule has 3 aromatic rings. The van der Waals surface area contributed by atoms with Crippen LogP contribution in [0.2, 0.25) is 0 Å². The van der Waals surface area contributed by atoms with Gasteiger partial charge in [0.1, 0.15) is 5.82 Å². The van der Waals surface area contributed by atoms with Crippen LogP contribution >= 0.6 is 11.3 Å². The Morgan fingerprint density at radius 3 is 2.55 bits per heavy atom. The lowest BCUT2D eigenvalue weighted by atomic mass is 10.1. The highest BCUT2D eigenvalue weighted by atomic mass is 32.1. The lowest BCUT2D eigenvalue weighted by molar-refractivity contribution is -0.117. The van der Waals surface area contributed by atoms with E-state index in [1.165, 1.54) is 41.2 Å². The number of carbonyl (C=O) groups is 2. The summed E-state index contributed by atoms with van der Waals surface area (Å²) < 4.78 is 13.0. The van der Waals surface area contributed by atoms with E-state index in [0.717, 1.165) is 28.2 Å². The van der Waals surface area contributed by atoms with E-state index >= 15 is 0 Å². The first-order chi connectivity index (χ1) is 13.9. The zero-order chi connectivity index (χ0) is 20.5. The Labute approximate surface area is 172 Å². The summed E-state index contributed by atoms with van der Waals surface area (Å²) in [6, 6.07) is 11.2. The van der Waals surface area contributed by atoms with Crippen molar-refractivity contribution in [2.75, 3.05) is 10.6 Å². The van der Waals surface area contributed by atoms with Crippen molar-refractivity contribution >= 4 is 34.0 Å². The molecule has 1 aliphatic rings. The van der Waals surface area contributed by atoms with E-state index in [2.05, 4.69) is 15.6 Å². The molecule has 4 rings (SSSR count). The fraction of sp³-hybridized carbons (Fsp3) is 0.227. The molecule has 0 fully saturated rings. The molecule has 1 aromatic heterocycles. The maximum atomic E-state index is 13.0. The number of amides is 2. The molecule has 0 bridgehead atoms. The van der Waals surface area contributed by atoms with Crippen LogP contribution in [-0.4, -0.2) is 16.8 Å². The molecule has 5 nitrogen and oxygen atoms in total. The molecule has 2 aromatic carbocycles. The van der Waals surface area contributed by atoms with Gasteiger partial charge in [0.2, 0.25) is 5.91 Å². The lowest BCUT2D eigenvalue weighted by Gasteiger charge is -2.12. The third-order valence-corrected chi connectivity index (χ3v) is 6.18. The molecular weight excluding hydrogens is 389 g/mol. The van der Waals surface area contributed by atoms with E-state index < -0.39 is 5.82 Å². The molecule has 7 heteroatoms. The van der Waals surface area contributed by atoms with Crippen molar-refractivity contribution in [1.82, 2.24) is 4.98 Å². The largest absolute Gasteiger partial charge is 0.326 e. The second kappa shape index (κ2) is 7.75. The van der Waals surface area contributed by atoms with Crippen LogP contribution in [-0.2, 0) is 11.2 Å². The molecule has 0 spiro atoms. The molecular formula is C22H20FN3O2S. The molecule has 1 atom stereocenters. The Hall–Kier alpha value is -3.06. The molecule has 29 heavy (non-hydrogen) atoms. The summed E-state index contributed by atoms with van der Waals surface area (Å²) in [5.74, 6) is -1.17. The van der Waals surface area contributed by atoms with Crippen LogP contribution in [0.3, 0.4) is 0 Å². The van der Waals surface area contributed by atoms with Crippen LogP contribution in [0.15, 0.2) is 42.5 Å². The smallest absolute Gasteiger partial charge is 0.257 e. The fourth-order valence-corrected chi connectivity index (χ4v) is 4.39. The number of hydrogen-bond donors (Lipinski definition) is 2. The Morgan fingerprint density at radius 1 is 1.07 bits per heavy atom. The van der Waals surface area contributed by atoms with Crippen molar-refractivity contribution in [3.05, 3.63) is 75.5 Å². The molecule has 0 saturated heterocycles. The maximum Gasteiger partial charge on any atom is 0.257 e. The minimum Gasteiger partial charge on any atom is -0.326 e. The van der Waals surface area contributed by atoms with Crippen molar-refractivity contribution in [3.8, 4) is 0 Å². The molecule has 1 heterocycles. The number of halogens is 1. The van der Waals surface area contributed by atoms with Gasteiger partial charge in [0.15, 0.2) is 5.13 Å². The first-order valence-corrected chi connectivity index (χ1v) is 10.2. The van der Waals surface area contributed by atoms with Gasteiger partial charge in [-0.15, -0.1) is 11.3 Å². The number of benzene rings is 2. The van der Waals surface area contributed by atoms with Gasteiger partial charge in [0.05, 0.1) is 11.6 Å². The average molecular weight is 409 g/mol. The van der Waals surface area contributed by atoms with Crippen LogP contribution < -0.4 is 10.6 Å². The van der Waals surface area contributed by atoms with Crippen LogP contribution in [0, 0.1) is 19.7 Å². The van der Waals surface area contributed by atoms with E-state index in [-0.39, 0.29) is 17.7 Å². The Balaban J connectivity index is 1.46. The summed E-state index contributed by atoms with van der Waals surface area (Å²) in [7, 11) is 0. The summed E-state index contributed by atoms with van der Waals surface area (Å²) in [6.45, 7) is 4.04. The molecule has 148 valence electrons. The molecule has 0 aliphatic heterocycles. The predicted molar refractivity (Wildman–Crippen MR) is 112 cm³/mol. The SMILES string of the molecule is Cc1ccc(NC(=O)C2CCc3sc(NC(=O)c4ccc(F)cc4)nc32)cc1C. The highest BCUT2D eigenvalue weighted by Gasteiger charge is 2.33. The van der Waals surface area contributed by atoms with Crippen molar-refractivity contribution in [1.29, 1.82) is 0 Å². The van der Waals surface area contributed by atoms with Gasteiger partial charge in [-0.05, 0) is 74.2 Å². The first kappa shape index (κ1) is 19.3. The Bertz CT molecular complexity index is 1090.